The molecule has 1 saturated carbocycles. The number of halogens is 3. The van der Waals surface area contributed by atoms with E-state index < -0.39 is 12.4 Å². The molecule has 1 aromatic carbocycles. The molecule has 148 valence electrons. The van der Waals surface area contributed by atoms with Gasteiger partial charge < -0.3 is 9.57 Å². The summed E-state index contributed by atoms with van der Waals surface area (Å²) < 4.78 is 41.5. The number of hydroxylamine groups is 2. The van der Waals surface area contributed by atoms with Gasteiger partial charge in [0.05, 0.1) is 6.04 Å². The second kappa shape index (κ2) is 9.29. The Morgan fingerprint density at radius 1 is 1.22 bits per heavy atom. The molecule has 1 amide bonds. The second-order valence-electron chi connectivity index (χ2n) is 6.01. The molecule has 1 fully saturated rings. The quantitative estimate of drug-likeness (QED) is 0.679. The molecule has 1 heterocycles. The minimum atomic E-state index is -4.76. The van der Waals surface area contributed by atoms with Crippen molar-refractivity contribution in [3.63, 3.8) is 0 Å². The number of benzene rings is 1. The Kier molecular flexibility index (Phi) is 7.09. The molecule has 1 aliphatic carbocycles. The van der Waals surface area contributed by atoms with Gasteiger partial charge in [0.1, 0.15) is 12.1 Å². The van der Waals surface area contributed by atoms with Gasteiger partial charge in [-0.1, -0.05) is 26.2 Å². The van der Waals surface area contributed by atoms with Crippen molar-refractivity contribution in [2.24, 2.45) is 0 Å². The van der Waals surface area contributed by atoms with Crippen molar-refractivity contribution in [1.29, 1.82) is 0 Å². The minimum absolute atomic E-state index is 0.207. The van der Waals surface area contributed by atoms with Crippen molar-refractivity contribution in [1.82, 2.24) is 14.6 Å². The van der Waals surface area contributed by atoms with Gasteiger partial charge in [-0.3, -0.25) is 4.57 Å². The highest BCUT2D eigenvalue weighted by atomic mass is 19.4. The predicted molar refractivity (Wildman–Crippen MR) is 92.2 cm³/mol. The third-order valence-electron chi connectivity index (χ3n) is 3.52. The van der Waals surface area contributed by atoms with Crippen molar-refractivity contribution in [2.45, 2.75) is 51.9 Å². The standard InChI is InChI=1S/C15H16F3N3O3.C3H6/c1-3-11(2)21(14(22)20-9-8-19-10-20)24-13-6-4-12(5-7-13)23-15(16,17)18;1-2-3-1/h4-11H,3H2,1-2H3;1-3H2. The molecule has 0 saturated heterocycles. The molecule has 1 unspecified atom stereocenters. The maximum Gasteiger partial charge on any atom is 0.573 e. The number of carbonyl (C=O) groups excluding carboxylic acids is 1. The number of aromatic nitrogens is 2. The van der Waals surface area contributed by atoms with Gasteiger partial charge in [-0.2, -0.15) is 5.06 Å². The molecule has 27 heavy (non-hydrogen) atoms. The van der Waals surface area contributed by atoms with E-state index in [9.17, 15) is 18.0 Å². The van der Waals surface area contributed by atoms with Crippen LogP contribution in [0, 0.1) is 0 Å². The highest BCUT2D eigenvalue weighted by Gasteiger charge is 2.31. The zero-order chi connectivity index (χ0) is 19.9. The number of hydrogen-bond donors (Lipinski definition) is 0. The average molecular weight is 385 g/mol. The first-order valence-corrected chi connectivity index (χ1v) is 8.65. The zero-order valence-electron chi connectivity index (χ0n) is 15.1. The zero-order valence-corrected chi connectivity index (χ0v) is 15.1. The number of alkyl halides is 3. The summed E-state index contributed by atoms with van der Waals surface area (Å²) in [6.07, 6.45) is 4.62. The third kappa shape index (κ3) is 7.20. The Labute approximate surface area is 155 Å². The fourth-order valence-corrected chi connectivity index (χ4v) is 1.79. The van der Waals surface area contributed by atoms with E-state index in [1.54, 1.807) is 6.92 Å². The Hall–Kier alpha value is -2.71. The summed E-state index contributed by atoms with van der Waals surface area (Å²) in [5, 5.41) is 1.14. The van der Waals surface area contributed by atoms with E-state index in [1.165, 1.54) is 54.7 Å². The predicted octanol–water partition coefficient (Wildman–Crippen LogP) is 5.01. The highest BCUT2D eigenvalue weighted by Crippen LogP contribution is 2.25. The Balaban J connectivity index is 0.000000789. The average Bonchev–Trinajstić information content (AvgIpc) is 3.41. The number of imidazole rings is 1. The molecule has 1 atom stereocenters. The molecule has 0 spiro atoms. The summed E-state index contributed by atoms with van der Waals surface area (Å²) in [4.78, 5) is 21.8. The van der Waals surface area contributed by atoms with Crippen LogP contribution in [0.1, 0.15) is 39.5 Å². The van der Waals surface area contributed by atoms with Crippen LogP contribution < -0.4 is 9.57 Å². The van der Waals surface area contributed by atoms with Crippen LogP contribution in [-0.4, -0.2) is 33.0 Å². The first-order chi connectivity index (χ1) is 12.8. The van der Waals surface area contributed by atoms with Gasteiger partial charge in [0.15, 0.2) is 5.75 Å². The van der Waals surface area contributed by atoms with E-state index in [0.717, 1.165) is 17.2 Å². The van der Waals surface area contributed by atoms with Crippen LogP contribution in [0.5, 0.6) is 11.5 Å². The van der Waals surface area contributed by atoms with E-state index in [4.69, 9.17) is 4.84 Å². The van der Waals surface area contributed by atoms with Crippen LogP contribution in [0.2, 0.25) is 0 Å². The molecule has 3 rings (SSSR count). The van der Waals surface area contributed by atoms with Gasteiger partial charge in [-0.15, -0.1) is 13.2 Å². The smallest absolute Gasteiger partial charge is 0.406 e. The number of nitrogens with zero attached hydrogens (tertiary/aromatic N) is 3. The van der Waals surface area contributed by atoms with Crippen molar-refractivity contribution in [3.05, 3.63) is 43.0 Å². The Morgan fingerprint density at radius 3 is 2.26 bits per heavy atom. The lowest BCUT2D eigenvalue weighted by atomic mass is 10.2. The van der Waals surface area contributed by atoms with Gasteiger partial charge in [0, 0.05) is 12.4 Å². The summed E-state index contributed by atoms with van der Waals surface area (Å²) >= 11 is 0. The van der Waals surface area contributed by atoms with Crippen LogP contribution in [0.25, 0.3) is 0 Å². The van der Waals surface area contributed by atoms with E-state index in [-0.39, 0.29) is 17.5 Å². The maximum atomic E-state index is 12.4. The highest BCUT2D eigenvalue weighted by molar-refractivity contribution is 5.76. The van der Waals surface area contributed by atoms with Gasteiger partial charge in [0.2, 0.25) is 0 Å². The van der Waals surface area contributed by atoms with Crippen molar-refractivity contribution in [2.75, 3.05) is 0 Å². The van der Waals surface area contributed by atoms with E-state index in [1.807, 2.05) is 6.92 Å². The SMILES string of the molecule is C1CC1.CCC(C)N(Oc1ccc(OC(F)(F)F)cc1)C(=O)n1ccnc1. The molecule has 1 aromatic heterocycles. The van der Waals surface area contributed by atoms with Gasteiger partial charge in [0.25, 0.3) is 0 Å². The fourth-order valence-electron chi connectivity index (χ4n) is 1.79. The van der Waals surface area contributed by atoms with Gasteiger partial charge in [-0.05, 0) is 37.6 Å². The summed E-state index contributed by atoms with van der Waals surface area (Å²) in [5.41, 5.74) is 0. The first-order valence-electron chi connectivity index (χ1n) is 8.65. The molecule has 6 nitrogen and oxygen atoms in total. The molecule has 0 radical (unpaired) electrons. The minimum Gasteiger partial charge on any atom is -0.406 e. The van der Waals surface area contributed by atoms with Gasteiger partial charge >= 0.3 is 12.4 Å². The lowest BCUT2D eigenvalue weighted by molar-refractivity contribution is -0.274. The molecule has 0 bridgehead atoms. The largest absolute Gasteiger partial charge is 0.573 e. The van der Waals surface area contributed by atoms with Crippen LogP contribution in [0.3, 0.4) is 0 Å². The molecule has 1 aliphatic rings. The number of amides is 1. The van der Waals surface area contributed by atoms with E-state index in [2.05, 4.69) is 9.72 Å². The number of carbonyl (C=O) groups is 1. The monoisotopic (exact) mass is 385 g/mol. The Morgan fingerprint density at radius 2 is 1.81 bits per heavy atom. The molecule has 0 N–H and O–H groups in total. The number of ether oxygens (including phenoxy) is 1. The molecular formula is C18H22F3N3O3. The summed E-state index contributed by atoms with van der Waals surface area (Å²) in [6, 6.07) is 4.08. The van der Waals surface area contributed by atoms with E-state index >= 15 is 0 Å². The topological polar surface area (TPSA) is 56.6 Å². The van der Waals surface area contributed by atoms with E-state index in [0.29, 0.717) is 6.42 Å². The summed E-state index contributed by atoms with van der Waals surface area (Å²) in [5.74, 6) is -0.163. The summed E-state index contributed by atoms with van der Waals surface area (Å²) in [7, 11) is 0. The first kappa shape index (κ1) is 20.6. The van der Waals surface area contributed by atoms with Crippen molar-refractivity contribution >= 4 is 6.03 Å². The molecule has 9 heteroatoms. The Bertz CT molecular complexity index is 698. The lowest BCUT2D eigenvalue weighted by Gasteiger charge is -2.27. The fraction of sp³-hybridized carbons (Fsp3) is 0.444. The molecular weight excluding hydrogens is 363 g/mol. The van der Waals surface area contributed by atoms with Crippen LogP contribution >= 0.6 is 0 Å². The maximum absolute atomic E-state index is 12.4. The normalized spacial score (nSPS) is 13.8. The van der Waals surface area contributed by atoms with Crippen molar-refractivity contribution in [3.8, 4) is 11.5 Å². The summed E-state index contributed by atoms with van der Waals surface area (Å²) in [6.45, 7) is 3.67. The lowest BCUT2D eigenvalue weighted by Crippen LogP contribution is -2.43. The van der Waals surface area contributed by atoms with Crippen LogP contribution in [0.15, 0.2) is 43.0 Å². The number of rotatable bonds is 5. The van der Waals surface area contributed by atoms with Gasteiger partial charge in [-0.25, -0.2) is 9.78 Å². The number of hydrogen-bond acceptors (Lipinski definition) is 4. The molecule has 0 aliphatic heterocycles. The second-order valence-corrected chi connectivity index (χ2v) is 6.01. The van der Waals surface area contributed by atoms with Crippen LogP contribution in [-0.2, 0) is 0 Å². The third-order valence-corrected chi connectivity index (χ3v) is 3.52. The molecule has 2 aromatic rings. The van der Waals surface area contributed by atoms with Crippen molar-refractivity contribution < 1.29 is 27.5 Å². The van der Waals surface area contributed by atoms with Crippen LogP contribution in [0.4, 0.5) is 18.0 Å².